The number of sulfonamides is 1. The van der Waals surface area contributed by atoms with Crippen molar-refractivity contribution in [2.45, 2.75) is 11.8 Å². The van der Waals surface area contributed by atoms with Crippen molar-refractivity contribution in [1.29, 1.82) is 0 Å². The fourth-order valence-electron chi connectivity index (χ4n) is 2.80. The van der Waals surface area contributed by atoms with Crippen LogP contribution in [0.3, 0.4) is 0 Å². The van der Waals surface area contributed by atoms with Gasteiger partial charge < -0.3 is 14.8 Å². The zero-order valence-electron chi connectivity index (χ0n) is 17.6. The van der Waals surface area contributed by atoms with Crippen molar-refractivity contribution in [3.05, 3.63) is 78.6 Å². The van der Waals surface area contributed by atoms with E-state index in [1.807, 2.05) is 6.92 Å². The Balaban J connectivity index is 1.60. The van der Waals surface area contributed by atoms with Gasteiger partial charge in [0.25, 0.3) is 15.9 Å². The SMILES string of the molecule is CCOc1ccc(S(=O)(=O)N(C)c2ccc(OCC(=O)Nc3ccc(F)cc3)cc2)cc1. The molecule has 7 nitrogen and oxygen atoms in total. The van der Waals surface area contributed by atoms with Crippen molar-refractivity contribution in [3.63, 3.8) is 0 Å². The normalized spacial score (nSPS) is 11.0. The topological polar surface area (TPSA) is 84.9 Å². The summed E-state index contributed by atoms with van der Waals surface area (Å²) in [5.74, 6) is 0.193. The van der Waals surface area contributed by atoms with E-state index in [2.05, 4.69) is 5.32 Å². The van der Waals surface area contributed by atoms with E-state index >= 15 is 0 Å². The van der Waals surface area contributed by atoms with Gasteiger partial charge in [-0.1, -0.05) is 0 Å². The molecule has 0 aliphatic heterocycles. The van der Waals surface area contributed by atoms with E-state index < -0.39 is 21.7 Å². The minimum atomic E-state index is -3.75. The van der Waals surface area contributed by atoms with Crippen LogP contribution in [0.25, 0.3) is 0 Å². The lowest BCUT2D eigenvalue weighted by Gasteiger charge is -2.20. The molecule has 9 heteroatoms. The maximum Gasteiger partial charge on any atom is 0.264 e. The third-order valence-corrected chi connectivity index (χ3v) is 6.29. The minimum absolute atomic E-state index is 0.140. The molecule has 3 aromatic carbocycles. The molecule has 0 saturated carbocycles. The van der Waals surface area contributed by atoms with E-state index in [1.165, 1.54) is 43.4 Å². The quantitative estimate of drug-likeness (QED) is 0.523. The summed E-state index contributed by atoms with van der Waals surface area (Å²) < 4.78 is 50.6. The molecule has 0 fully saturated rings. The van der Waals surface area contributed by atoms with Crippen molar-refractivity contribution in [2.75, 3.05) is 29.9 Å². The second kappa shape index (κ2) is 10.1. The summed E-state index contributed by atoms with van der Waals surface area (Å²) in [5.41, 5.74) is 0.887. The number of carbonyl (C=O) groups is 1. The van der Waals surface area contributed by atoms with Crippen LogP contribution in [0.5, 0.6) is 11.5 Å². The molecule has 1 amide bonds. The first-order valence-corrected chi connectivity index (χ1v) is 11.2. The number of anilines is 2. The van der Waals surface area contributed by atoms with Crippen molar-refractivity contribution >= 4 is 27.3 Å². The Morgan fingerprint density at radius 1 is 0.906 bits per heavy atom. The third kappa shape index (κ3) is 5.76. The van der Waals surface area contributed by atoms with Gasteiger partial charge in [0.05, 0.1) is 17.2 Å². The molecule has 0 saturated heterocycles. The van der Waals surface area contributed by atoms with Gasteiger partial charge in [-0.15, -0.1) is 0 Å². The Labute approximate surface area is 186 Å². The van der Waals surface area contributed by atoms with E-state index in [9.17, 15) is 17.6 Å². The van der Waals surface area contributed by atoms with Crippen LogP contribution in [0.15, 0.2) is 77.7 Å². The number of ether oxygens (including phenoxy) is 2. The highest BCUT2D eigenvalue weighted by atomic mass is 32.2. The summed E-state index contributed by atoms with van der Waals surface area (Å²) in [6.45, 7) is 2.09. The van der Waals surface area contributed by atoms with Crippen LogP contribution in [0.2, 0.25) is 0 Å². The molecule has 32 heavy (non-hydrogen) atoms. The highest BCUT2D eigenvalue weighted by Crippen LogP contribution is 2.25. The molecule has 3 aromatic rings. The zero-order chi connectivity index (χ0) is 23.1. The number of carbonyl (C=O) groups excluding carboxylic acids is 1. The van der Waals surface area contributed by atoms with Crippen LogP contribution >= 0.6 is 0 Å². The number of nitrogens with zero attached hydrogens (tertiary/aromatic N) is 1. The second-order valence-corrected chi connectivity index (χ2v) is 8.68. The summed E-state index contributed by atoms with van der Waals surface area (Å²) in [4.78, 5) is 12.1. The Morgan fingerprint density at radius 3 is 2.06 bits per heavy atom. The molecule has 0 spiro atoms. The van der Waals surface area contributed by atoms with E-state index in [4.69, 9.17) is 9.47 Å². The third-order valence-electron chi connectivity index (χ3n) is 4.49. The first kappa shape index (κ1) is 23.1. The fourth-order valence-corrected chi connectivity index (χ4v) is 4.00. The lowest BCUT2D eigenvalue weighted by atomic mass is 10.3. The molecule has 1 N–H and O–H groups in total. The number of halogens is 1. The number of amides is 1. The highest BCUT2D eigenvalue weighted by molar-refractivity contribution is 7.92. The molecule has 0 unspecified atom stereocenters. The molecule has 0 aliphatic rings. The van der Waals surface area contributed by atoms with Gasteiger partial charge in [0.15, 0.2) is 6.61 Å². The van der Waals surface area contributed by atoms with Crippen LogP contribution in [0.1, 0.15) is 6.92 Å². The monoisotopic (exact) mass is 458 g/mol. The van der Waals surface area contributed by atoms with E-state index in [-0.39, 0.29) is 11.5 Å². The molecule has 168 valence electrons. The summed E-state index contributed by atoms with van der Waals surface area (Å²) >= 11 is 0. The Kier molecular flexibility index (Phi) is 7.32. The second-order valence-electron chi connectivity index (χ2n) is 6.71. The Morgan fingerprint density at radius 2 is 1.47 bits per heavy atom. The van der Waals surface area contributed by atoms with Crippen LogP contribution in [0.4, 0.5) is 15.8 Å². The standard InChI is InChI=1S/C23H23FN2O5S/c1-3-30-20-12-14-22(15-13-20)32(28,29)26(2)19-8-10-21(11-9-19)31-16-23(27)25-18-6-4-17(24)5-7-18/h4-15H,3,16H2,1-2H3,(H,25,27). The van der Waals surface area contributed by atoms with Gasteiger partial charge >= 0.3 is 0 Å². The molecular weight excluding hydrogens is 435 g/mol. The largest absolute Gasteiger partial charge is 0.494 e. The van der Waals surface area contributed by atoms with Crippen molar-refractivity contribution < 1.29 is 27.1 Å². The predicted molar refractivity (Wildman–Crippen MR) is 120 cm³/mol. The summed E-state index contributed by atoms with van der Waals surface area (Å²) in [6.07, 6.45) is 0. The average Bonchev–Trinajstić information content (AvgIpc) is 2.80. The average molecular weight is 459 g/mol. The van der Waals surface area contributed by atoms with E-state index in [0.717, 1.165) is 4.31 Å². The smallest absolute Gasteiger partial charge is 0.264 e. The first-order chi connectivity index (χ1) is 15.3. The number of benzene rings is 3. The molecule has 0 aromatic heterocycles. The molecule has 3 rings (SSSR count). The molecule has 0 radical (unpaired) electrons. The van der Waals surface area contributed by atoms with E-state index in [0.29, 0.717) is 29.5 Å². The summed E-state index contributed by atoms with van der Waals surface area (Å²) in [5, 5.41) is 2.59. The fraction of sp³-hybridized carbons (Fsp3) is 0.174. The Bertz CT molecular complexity index is 1150. The van der Waals surface area contributed by atoms with Gasteiger partial charge in [-0.2, -0.15) is 0 Å². The molecule has 0 atom stereocenters. The van der Waals surface area contributed by atoms with Gasteiger partial charge in [-0.05, 0) is 79.7 Å². The van der Waals surface area contributed by atoms with Gasteiger partial charge in [0.1, 0.15) is 17.3 Å². The molecule has 0 aliphatic carbocycles. The molecule has 0 bridgehead atoms. The van der Waals surface area contributed by atoms with Crippen LogP contribution in [-0.2, 0) is 14.8 Å². The van der Waals surface area contributed by atoms with Gasteiger partial charge in [0.2, 0.25) is 0 Å². The number of hydrogen-bond donors (Lipinski definition) is 1. The van der Waals surface area contributed by atoms with E-state index in [1.54, 1.807) is 36.4 Å². The lowest BCUT2D eigenvalue weighted by molar-refractivity contribution is -0.118. The van der Waals surface area contributed by atoms with Gasteiger partial charge in [0, 0.05) is 12.7 Å². The maximum absolute atomic E-state index is 12.9. The van der Waals surface area contributed by atoms with Crippen molar-refractivity contribution in [3.8, 4) is 11.5 Å². The zero-order valence-corrected chi connectivity index (χ0v) is 18.4. The first-order valence-electron chi connectivity index (χ1n) is 9.79. The van der Waals surface area contributed by atoms with Crippen LogP contribution < -0.4 is 19.1 Å². The van der Waals surface area contributed by atoms with Crippen LogP contribution in [-0.4, -0.2) is 34.6 Å². The minimum Gasteiger partial charge on any atom is -0.494 e. The maximum atomic E-state index is 12.9. The summed E-state index contributed by atoms with van der Waals surface area (Å²) in [7, 11) is -2.30. The van der Waals surface area contributed by atoms with Crippen molar-refractivity contribution in [2.24, 2.45) is 0 Å². The van der Waals surface area contributed by atoms with Gasteiger partial charge in [-0.3, -0.25) is 9.10 Å². The molecular formula is C23H23FN2O5S. The molecule has 0 heterocycles. The highest BCUT2D eigenvalue weighted by Gasteiger charge is 2.21. The lowest BCUT2D eigenvalue weighted by Crippen LogP contribution is -2.26. The number of hydrogen-bond acceptors (Lipinski definition) is 5. The number of nitrogens with one attached hydrogen (secondary N) is 1. The number of rotatable bonds is 9. The predicted octanol–water partition coefficient (Wildman–Crippen LogP) is 4.07. The van der Waals surface area contributed by atoms with Gasteiger partial charge in [-0.25, -0.2) is 12.8 Å². The Hall–Kier alpha value is -3.59. The van der Waals surface area contributed by atoms with Crippen molar-refractivity contribution in [1.82, 2.24) is 0 Å². The van der Waals surface area contributed by atoms with Crippen LogP contribution in [0, 0.1) is 5.82 Å². The summed E-state index contributed by atoms with van der Waals surface area (Å²) in [6, 6.07) is 17.9.